The minimum atomic E-state index is 0.394. The minimum Gasteiger partial charge on any atom is -0.381 e. The third kappa shape index (κ3) is 3.39. The molecule has 0 saturated carbocycles. The Hall–Kier alpha value is -0.810. The number of guanidine groups is 1. The summed E-state index contributed by atoms with van der Waals surface area (Å²) in [5, 5.41) is 3.49. The third-order valence-corrected chi connectivity index (χ3v) is 4.57. The molecule has 2 aliphatic rings. The third-order valence-electron chi connectivity index (χ3n) is 4.57. The fraction of sp³-hybridized carbons (Fsp3) is 0.929. The predicted octanol–water partition coefficient (Wildman–Crippen LogP) is 0.624. The Morgan fingerprint density at radius 3 is 2.84 bits per heavy atom. The summed E-state index contributed by atoms with van der Waals surface area (Å²) in [5.41, 5.74) is 0.394. The van der Waals surface area contributed by atoms with Crippen molar-refractivity contribution in [1.29, 1.82) is 0 Å². The number of rotatable bonds is 3. The van der Waals surface area contributed by atoms with E-state index in [-0.39, 0.29) is 0 Å². The van der Waals surface area contributed by atoms with Gasteiger partial charge >= 0.3 is 0 Å². The van der Waals surface area contributed by atoms with Crippen LogP contribution >= 0.6 is 0 Å². The molecule has 0 aliphatic carbocycles. The van der Waals surface area contributed by atoms with Crippen molar-refractivity contribution < 1.29 is 4.74 Å². The molecule has 5 heteroatoms. The van der Waals surface area contributed by atoms with Crippen molar-refractivity contribution in [2.45, 2.75) is 25.8 Å². The quantitative estimate of drug-likeness (QED) is 0.602. The van der Waals surface area contributed by atoms with Crippen LogP contribution in [0.1, 0.15) is 19.8 Å². The second-order valence-corrected chi connectivity index (χ2v) is 6.21. The molecule has 0 radical (unpaired) electrons. The van der Waals surface area contributed by atoms with E-state index >= 15 is 0 Å². The summed E-state index contributed by atoms with van der Waals surface area (Å²) in [5.74, 6) is 1.04. The van der Waals surface area contributed by atoms with Crippen LogP contribution in [0.4, 0.5) is 0 Å². The zero-order chi connectivity index (χ0) is 13.9. The molecular weight excluding hydrogens is 240 g/mol. The van der Waals surface area contributed by atoms with Gasteiger partial charge in [-0.25, -0.2) is 0 Å². The highest BCUT2D eigenvalue weighted by atomic mass is 16.5. The highest BCUT2D eigenvalue weighted by molar-refractivity contribution is 5.80. The first-order chi connectivity index (χ1) is 9.06. The van der Waals surface area contributed by atoms with Gasteiger partial charge in [0.05, 0.1) is 6.61 Å². The van der Waals surface area contributed by atoms with E-state index in [4.69, 9.17) is 4.74 Å². The number of likely N-dealkylation sites (tertiary alicyclic amines) is 1. The molecule has 1 N–H and O–H groups in total. The summed E-state index contributed by atoms with van der Waals surface area (Å²) < 4.78 is 5.58. The van der Waals surface area contributed by atoms with Crippen LogP contribution in [0.3, 0.4) is 0 Å². The maximum Gasteiger partial charge on any atom is 0.193 e. The lowest BCUT2D eigenvalue weighted by Crippen LogP contribution is -2.46. The monoisotopic (exact) mass is 268 g/mol. The number of nitrogens with zero attached hydrogens (tertiary/aromatic N) is 3. The highest BCUT2D eigenvalue weighted by Crippen LogP contribution is 2.38. The minimum absolute atomic E-state index is 0.394. The molecule has 5 nitrogen and oxygen atoms in total. The van der Waals surface area contributed by atoms with Crippen LogP contribution in [0, 0.1) is 5.41 Å². The van der Waals surface area contributed by atoms with Crippen LogP contribution in [0.15, 0.2) is 4.99 Å². The lowest BCUT2D eigenvalue weighted by molar-refractivity contribution is 0.156. The number of nitrogens with one attached hydrogen (secondary N) is 1. The molecule has 110 valence electrons. The number of aliphatic imine (C=N–C) groups is 1. The van der Waals surface area contributed by atoms with E-state index in [1.165, 1.54) is 12.8 Å². The average Bonchev–Trinajstić information content (AvgIpc) is 3.01. The molecule has 2 heterocycles. The smallest absolute Gasteiger partial charge is 0.193 e. The summed E-state index contributed by atoms with van der Waals surface area (Å²) in [4.78, 5) is 9.03. The van der Waals surface area contributed by atoms with Crippen LogP contribution in [0.5, 0.6) is 0 Å². The number of hydrogen-bond acceptors (Lipinski definition) is 3. The van der Waals surface area contributed by atoms with Gasteiger partial charge in [0.25, 0.3) is 0 Å². The molecule has 2 fully saturated rings. The summed E-state index contributed by atoms with van der Waals surface area (Å²) in [6.45, 7) is 7.19. The van der Waals surface area contributed by atoms with E-state index in [9.17, 15) is 0 Å². The van der Waals surface area contributed by atoms with Crippen LogP contribution in [-0.4, -0.2) is 75.8 Å². The first kappa shape index (κ1) is 14.6. The number of likely N-dealkylation sites (N-methyl/N-ethyl adjacent to an activating group) is 1. The fourth-order valence-corrected chi connectivity index (χ4v) is 2.84. The van der Waals surface area contributed by atoms with E-state index < -0.39 is 0 Å². The van der Waals surface area contributed by atoms with Crippen molar-refractivity contribution in [2.24, 2.45) is 10.4 Å². The molecule has 2 unspecified atom stereocenters. The van der Waals surface area contributed by atoms with Gasteiger partial charge in [-0.1, -0.05) is 0 Å². The van der Waals surface area contributed by atoms with Gasteiger partial charge in [0.15, 0.2) is 5.96 Å². The van der Waals surface area contributed by atoms with Gasteiger partial charge in [-0.15, -0.1) is 0 Å². The van der Waals surface area contributed by atoms with Crippen molar-refractivity contribution in [1.82, 2.24) is 15.1 Å². The molecule has 0 aromatic carbocycles. The first-order valence-corrected chi connectivity index (χ1v) is 7.26. The SMILES string of the molecule is CN=C(NCC(C)N(C)C)N1CCC2(CCOC2)C1. The second-order valence-electron chi connectivity index (χ2n) is 6.21. The van der Waals surface area contributed by atoms with Gasteiger partial charge in [0.1, 0.15) is 0 Å². The van der Waals surface area contributed by atoms with Crippen LogP contribution < -0.4 is 5.32 Å². The van der Waals surface area contributed by atoms with Crippen LogP contribution in [-0.2, 0) is 4.74 Å². The summed E-state index contributed by atoms with van der Waals surface area (Å²) >= 11 is 0. The van der Waals surface area contributed by atoms with Gasteiger partial charge in [-0.3, -0.25) is 4.99 Å². The lowest BCUT2D eigenvalue weighted by Gasteiger charge is -2.27. The molecule has 19 heavy (non-hydrogen) atoms. The Kier molecular flexibility index (Phi) is 4.68. The molecule has 2 aliphatic heterocycles. The van der Waals surface area contributed by atoms with E-state index in [0.29, 0.717) is 11.5 Å². The van der Waals surface area contributed by atoms with Gasteiger partial charge in [0, 0.05) is 44.7 Å². The van der Waals surface area contributed by atoms with Crippen LogP contribution in [0.2, 0.25) is 0 Å². The summed E-state index contributed by atoms with van der Waals surface area (Å²) in [6, 6.07) is 0.503. The highest BCUT2D eigenvalue weighted by Gasteiger charge is 2.42. The molecule has 2 rings (SSSR count). The lowest BCUT2D eigenvalue weighted by atomic mass is 9.87. The first-order valence-electron chi connectivity index (χ1n) is 7.26. The molecule has 2 atom stereocenters. The predicted molar refractivity (Wildman–Crippen MR) is 78.6 cm³/mol. The van der Waals surface area contributed by atoms with E-state index in [1.807, 2.05) is 7.05 Å². The summed E-state index contributed by atoms with van der Waals surface area (Å²) in [6.07, 6.45) is 2.44. The molecule has 0 bridgehead atoms. The molecule has 0 aromatic rings. The van der Waals surface area contributed by atoms with Gasteiger partial charge in [-0.2, -0.15) is 0 Å². The van der Waals surface area contributed by atoms with E-state index in [0.717, 1.165) is 38.8 Å². The Bertz CT molecular complexity index is 323. The van der Waals surface area contributed by atoms with Gasteiger partial charge < -0.3 is 19.9 Å². The molecule has 0 amide bonds. The Morgan fingerprint density at radius 2 is 2.26 bits per heavy atom. The van der Waals surface area contributed by atoms with Crippen molar-refractivity contribution in [3.05, 3.63) is 0 Å². The van der Waals surface area contributed by atoms with Gasteiger partial charge in [-0.05, 0) is 33.9 Å². The normalized spacial score (nSPS) is 29.5. The van der Waals surface area contributed by atoms with Crippen molar-refractivity contribution in [3.63, 3.8) is 0 Å². The second kappa shape index (κ2) is 6.09. The zero-order valence-electron chi connectivity index (χ0n) is 12.8. The fourth-order valence-electron chi connectivity index (χ4n) is 2.84. The van der Waals surface area contributed by atoms with Crippen molar-refractivity contribution in [3.8, 4) is 0 Å². The van der Waals surface area contributed by atoms with E-state index in [2.05, 4.69) is 41.1 Å². The average molecular weight is 268 g/mol. The molecule has 0 aromatic heterocycles. The zero-order valence-corrected chi connectivity index (χ0v) is 12.8. The largest absolute Gasteiger partial charge is 0.381 e. The van der Waals surface area contributed by atoms with Gasteiger partial charge in [0.2, 0.25) is 0 Å². The maximum absolute atomic E-state index is 5.58. The van der Waals surface area contributed by atoms with E-state index in [1.54, 1.807) is 0 Å². The summed E-state index contributed by atoms with van der Waals surface area (Å²) in [7, 11) is 6.09. The Morgan fingerprint density at radius 1 is 1.47 bits per heavy atom. The number of ether oxygens (including phenoxy) is 1. The Labute approximate surface area is 117 Å². The molecule has 1 spiro atoms. The molecular formula is C14H28N4O. The standard InChI is InChI=1S/C14H28N4O/c1-12(17(3)4)9-16-13(15-2)18-7-5-14(10-18)6-8-19-11-14/h12H,5-11H2,1-4H3,(H,15,16). The molecule has 2 saturated heterocycles. The maximum atomic E-state index is 5.58. The Balaban J connectivity index is 1.86. The topological polar surface area (TPSA) is 40.1 Å². The number of hydrogen-bond donors (Lipinski definition) is 1. The van der Waals surface area contributed by atoms with Crippen LogP contribution in [0.25, 0.3) is 0 Å². The van der Waals surface area contributed by atoms with Crippen molar-refractivity contribution >= 4 is 5.96 Å². The van der Waals surface area contributed by atoms with Crippen molar-refractivity contribution in [2.75, 3.05) is 54.0 Å².